The van der Waals surface area contributed by atoms with Gasteiger partial charge in [0.05, 0.1) is 0 Å². The van der Waals surface area contributed by atoms with Crippen LogP contribution in [-0.2, 0) is 6.42 Å². The number of rotatable bonds is 6. The van der Waals surface area contributed by atoms with Gasteiger partial charge in [0.2, 0.25) is 0 Å². The molecule has 0 saturated heterocycles. The molecule has 0 radical (unpaired) electrons. The van der Waals surface area contributed by atoms with Gasteiger partial charge in [-0.1, -0.05) is 59.9 Å². The van der Waals surface area contributed by atoms with Crippen molar-refractivity contribution >= 4 is 34.8 Å². The first-order chi connectivity index (χ1) is 10.1. The molecule has 0 aliphatic heterocycles. The highest BCUT2D eigenvalue weighted by Gasteiger charge is 2.15. The third-order valence-electron chi connectivity index (χ3n) is 3.31. The predicted octanol–water partition coefficient (Wildman–Crippen LogP) is 5.93. The lowest BCUT2D eigenvalue weighted by Gasteiger charge is -2.20. The van der Waals surface area contributed by atoms with Crippen LogP contribution in [0.3, 0.4) is 0 Å². The molecule has 0 fully saturated rings. The van der Waals surface area contributed by atoms with Crippen molar-refractivity contribution in [2.45, 2.75) is 25.8 Å². The molecule has 2 aromatic carbocycles. The number of benzene rings is 2. The van der Waals surface area contributed by atoms with Crippen molar-refractivity contribution in [1.82, 2.24) is 5.32 Å². The molecule has 1 nitrogen and oxygen atoms in total. The Balaban J connectivity index is 2.25. The van der Waals surface area contributed by atoms with Crippen molar-refractivity contribution in [1.29, 1.82) is 0 Å². The van der Waals surface area contributed by atoms with Gasteiger partial charge < -0.3 is 5.32 Å². The van der Waals surface area contributed by atoms with E-state index in [1.807, 2.05) is 30.3 Å². The Labute approximate surface area is 141 Å². The third-order valence-corrected chi connectivity index (χ3v) is 4.11. The SMILES string of the molecule is CCCNC(Cc1cccc(Cl)c1)c1ccc(Cl)cc1Cl. The highest BCUT2D eigenvalue weighted by atomic mass is 35.5. The fraction of sp³-hybridized carbons (Fsp3) is 0.294. The molecule has 0 aliphatic carbocycles. The van der Waals surface area contributed by atoms with E-state index < -0.39 is 0 Å². The minimum Gasteiger partial charge on any atom is -0.310 e. The molecule has 0 heterocycles. The Morgan fingerprint density at radius 3 is 2.43 bits per heavy atom. The first-order valence-electron chi connectivity index (χ1n) is 7.03. The number of halogens is 3. The van der Waals surface area contributed by atoms with E-state index >= 15 is 0 Å². The van der Waals surface area contributed by atoms with Gasteiger partial charge >= 0.3 is 0 Å². The fourth-order valence-electron chi connectivity index (χ4n) is 2.29. The van der Waals surface area contributed by atoms with Gasteiger partial charge in [0, 0.05) is 21.1 Å². The summed E-state index contributed by atoms with van der Waals surface area (Å²) in [5.41, 5.74) is 2.25. The van der Waals surface area contributed by atoms with Crippen molar-refractivity contribution in [3.05, 3.63) is 68.7 Å². The zero-order chi connectivity index (χ0) is 15.2. The van der Waals surface area contributed by atoms with Crippen molar-refractivity contribution in [2.24, 2.45) is 0 Å². The van der Waals surface area contributed by atoms with Gasteiger partial charge in [-0.25, -0.2) is 0 Å². The second kappa shape index (κ2) is 8.05. The highest BCUT2D eigenvalue weighted by molar-refractivity contribution is 6.35. The van der Waals surface area contributed by atoms with Crippen LogP contribution in [0.2, 0.25) is 15.1 Å². The molecule has 0 saturated carbocycles. The van der Waals surface area contributed by atoms with Crippen LogP contribution in [0.15, 0.2) is 42.5 Å². The molecular formula is C17H18Cl3N. The van der Waals surface area contributed by atoms with Gasteiger partial charge in [-0.15, -0.1) is 0 Å². The molecule has 0 spiro atoms. The Kier molecular flexibility index (Phi) is 6.38. The second-order valence-electron chi connectivity index (χ2n) is 5.01. The maximum atomic E-state index is 6.35. The minimum atomic E-state index is 0.146. The van der Waals surface area contributed by atoms with Crippen LogP contribution in [0.4, 0.5) is 0 Å². The summed E-state index contributed by atoms with van der Waals surface area (Å²) in [7, 11) is 0. The van der Waals surface area contributed by atoms with E-state index in [4.69, 9.17) is 34.8 Å². The number of hydrogen-bond acceptors (Lipinski definition) is 1. The second-order valence-corrected chi connectivity index (χ2v) is 6.29. The first-order valence-corrected chi connectivity index (χ1v) is 8.16. The molecule has 1 atom stereocenters. The Morgan fingerprint density at radius 2 is 1.76 bits per heavy atom. The summed E-state index contributed by atoms with van der Waals surface area (Å²) in [6.45, 7) is 3.08. The monoisotopic (exact) mass is 341 g/mol. The van der Waals surface area contributed by atoms with Gasteiger partial charge in [0.15, 0.2) is 0 Å². The predicted molar refractivity (Wildman–Crippen MR) is 92.7 cm³/mol. The van der Waals surface area contributed by atoms with Crippen LogP contribution in [0.5, 0.6) is 0 Å². The molecule has 0 bridgehead atoms. The molecule has 0 amide bonds. The summed E-state index contributed by atoms with van der Waals surface area (Å²) < 4.78 is 0. The zero-order valence-corrected chi connectivity index (χ0v) is 14.1. The molecule has 2 rings (SSSR count). The van der Waals surface area contributed by atoms with E-state index in [0.29, 0.717) is 10.0 Å². The summed E-state index contributed by atoms with van der Waals surface area (Å²) in [6, 6.07) is 13.7. The Hall–Kier alpha value is -0.730. The van der Waals surface area contributed by atoms with E-state index in [1.54, 1.807) is 6.07 Å². The van der Waals surface area contributed by atoms with Crippen LogP contribution < -0.4 is 5.32 Å². The van der Waals surface area contributed by atoms with Gasteiger partial charge in [-0.05, 0) is 54.8 Å². The smallest absolute Gasteiger partial charge is 0.0468 e. The molecule has 1 unspecified atom stereocenters. The van der Waals surface area contributed by atoms with Crippen LogP contribution in [0.25, 0.3) is 0 Å². The minimum absolute atomic E-state index is 0.146. The summed E-state index contributed by atoms with van der Waals surface area (Å²) in [6.07, 6.45) is 1.90. The highest BCUT2D eigenvalue weighted by Crippen LogP contribution is 2.29. The van der Waals surface area contributed by atoms with E-state index in [9.17, 15) is 0 Å². The summed E-state index contributed by atoms with van der Waals surface area (Å²) in [5, 5.41) is 5.64. The standard InChI is InChI=1S/C17H18Cl3N/c1-2-8-21-17(10-12-4-3-5-13(18)9-12)15-7-6-14(19)11-16(15)20/h3-7,9,11,17,21H,2,8,10H2,1H3. The number of nitrogens with one attached hydrogen (secondary N) is 1. The van der Waals surface area contributed by atoms with Crippen molar-refractivity contribution in [2.75, 3.05) is 6.54 Å². The van der Waals surface area contributed by atoms with E-state index in [1.165, 1.54) is 5.56 Å². The molecule has 0 aliphatic rings. The topological polar surface area (TPSA) is 12.0 Å². The summed E-state index contributed by atoms with van der Waals surface area (Å²) in [4.78, 5) is 0. The summed E-state index contributed by atoms with van der Waals surface area (Å²) in [5.74, 6) is 0. The molecule has 4 heteroatoms. The van der Waals surface area contributed by atoms with E-state index in [0.717, 1.165) is 30.0 Å². The lowest BCUT2D eigenvalue weighted by atomic mass is 9.98. The number of hydrogen-bond donors (Lipinski definition) is 1. The quantitative estimate of drug-likeness (QED) is 0.686. The summed E-state index contributed by atoms with van der Waals surface area (Å²) >= 11 is 18.4. The Bertz CT molecular complexity index is 598. The van der Waals surface area contributed by atoms with Gasteiger partial charge in [-0.3, -0.25) is 0 Å². The average molecular weight is 343 g/mol. The van der Waals surface area contributed by atoms with Crippen LogP contribution in [0.1, 0.15) is 30.5 Å². The molecule has 112 valence electrons. The fourth-order valence-corrected chi connectivity index (χ4v) is 3.05. The van der Waals surface area contributed by atoms with Crippen molar-refractivity contribution < 1.29 is 0 Å². The van der Waals surface area contributed by atoms with E-state index in [-0.39, 0.29) is 6.04 Å². The maximum absolute atomic E-state index is 6.35. The van der Waals surface area contributed by atoms with Crippen molar-refractivity contribution in [3.63, 3.8) is 0 Å². The van der Waals surface area contributed by atoms with Crippen LogP contribution in [0, 0.1) is 0 Å². The molecule has 0 aromatic heterocycles. The maximum Gasteiger partial charge on any atom is 0.0468 e. The average Bonchev–Trinajstić information content (AvgIpc) is 2.44. The van der Waals surface area contributed by atoms with Gasteiger partial charge in [0.25, 0.3) is 0 Å². The van der Waals surface area contributed by atoms with E-state index in [2.05, 4.69) is 18.3 Å². The molecule has 21 heavy (non-hydrogen) atoms. The van der Waals surface area contributed by atoms with Crippen LogP contribution >= 0.6 is 34.8 Å². The van der Waals surface area contributed by atoms with Gasteiger partial charge in [0.1, 0.15) is 0 Å². The lowest BCUT2D eigenvalue weighted by Crippen LogP contribution is -2.24. The largest absolute Gasteiger partial charge is 0.310 e. The van der Waals surface area contributed by atoms with Crippen molar-refractivity contribution in [3.8, 4) is 0 Å². The first kappa shape index (κ1) is 16.6. The normalized spacial score (nSPS) is 12.4. The Morgan fingerprint density at radius 1 is 1.00 bits per heavy atom. The van der Waals surface area contributed by atoms with Crippen LogP contribution in [-0.4, -0.2) is 6.54 Å². The third kappa shape index (κ3) is 4.89. The molecular weight excluding hydrogens is 325 g/mol. The van der Waals surface area contributed by atoms with Gasteiger partial charge in [-0.2, -0.15) is 0 Å². The molecule has 1 N–H and O–H groups in total. The zero-order valence-electron chi connectivity index (χ0n) is 11.9. The molecule has 2 aromatic rings. The lowest BCUT2D eigenvalue weighted by molar-refractivity contribution is 0.529.